The van der Waals surface area contributed by atoms with Gasteiger partial charge in [0.15, 0.2) is 0 Å². The van der Waals surface area contributed by atoms with Crippen LogP contribution in [-0.4, -0.2) is 30.8 Å². The van der Waals surface area contributed by atoms with Gasteiger partial charge in [0.1, 0.15) is 17.3 Å². The Hall–Kier alpha value is -4.32. The van der Waals surface area contributed by atoms with Gasteiger partial charge in [0.05, 0.1) is 23.3 Å². The standard InChI is InChI=1S/C27H22ClFN4O5S/c28-20-12-10-19(11-13-20)17-33(39(36,37)23-6-2-1-3-7-23)18-22-15-14-21(38-22)16-30-32-27(35)26(34)31-25-9-5-4-8-24(25)29/h1-16H,17-18H2,(H,31,34)(H,32,35)/b30-16+. The monoisotopic (exact) mass is 568 g/mol. The Morgan fingerprint density at radius 2 is 1.59 bits per heavy atom. The molecule has 39 heavy (non-hydrogen) atoms. The van der Waals surface area contributed by atoms with Crippen molar-refractivity contribution < 1.29 is 26.8 Å². The van der Waals surface area contributed by atoms with Crippen molar-refractivity contribution >= 4 is 45.3 Å². The molecule has 0 saturated carbocycles. The minimum atomic E-state index is -3.89. The summed E-state index contributed by atoms with van der Waals surface area (Å²) in [7, 11) is -3.89. The number of rotatable bonds is 9. The second-order valence-corrected chi connectivity index (χ2v) is 10.5. The van der Waals surface area contributed by atoms with Gasteiger partial charge in [-0.3, -0.25) is 9.59 Å². The first kappa shape index (κ1) is 27.7. The van der Waals surface area contributed by atoms with Crippen molar-refractivity contribution in [2.45, 2.75) is 18.0 Å². The van der Waals surface area contributed by atoms with E-state index < -0.39 is 27.7 Å². The maximum Gasteiger partial charge on any atom is 0.329 e. The van der Waals surface area contributed by atoms with E-state index in [4.69, 9.17) is 16.0 Å². The minimum Gasteiger partial charge on any atom is -0.459 e. The number of carbonyl (C=O) groups excluding carboxylic acids is 2. The molecule has 0 unspecified atom stereocenters. The first-order chi connectivity index (χ1) is 18.7. The van der Waals surface area contributed by atoms with Gasteiger partial charge in [-0.05, 0) is 54.1 Å². The molecule has 12 heteroatoms. The van der Waals surface area contributed by atoms with E-state index in [1.165, 1.54) is 40.7 Å². The predicted molar refractivity (Wildman–Crippen MR) is 144 cm³/mol. The van der Waals surface area contributed by atoms with Crippen LogP contribution in [-0.2, 0) is 32.7 Å². The number of hydrogen-bond donors (Lipinski definition) is 2. The molecule has 2 amide bonds. The second-order valence-electron chi connectivity index (χ2n) is 8.15. The van der Waals surface area contributed by atoms with E-state index in [2.05, 4.69) is 10.4 Å². The summed E-state index contributed by atoms with van der Waals surface area (Å²) in [6, 6.07) is 23.3. The summed E-state index contributed by atoms with van der Waals surface area (Å²) in [6.45, 7) is -0.0310. The van der Waals surface area contributed by atoms with Crippen LogP contribution in [0.3, 0.4) is 0 Å². The fraction of sp³-hybridized carbons (Fsp3) is 0.0741. The Morgan fingerprint density at radius 1 is 0.897 bits per heavy atom. The van der Waals surface area contributed by atoms with Crippen LogP contribution in [0.4, 0.5) is 10.1 Å². The molecule has 1 aromatic heterocycles. The van der Waals surface area contributed by atoms with Gasteiger partial charge < -0.3 is 9.73 Å². The minimum absolute atomic E-state index is 0.0612. The van der Waals surface area contributed by atoms with Crippen LogP contribution in [0.15, 0.2) is 105 Å². The first-order valence-electron chi connectivity index (χ1n) is 11.5. The fourth-order valence-electron chi connectivity index (χ4n) is 3.43. The Balaban J connectivity index is 1.43. The van der Waals surface area contributed by atoms with Crippen molar-refractivity contribution in [2.24, 2.45) is 5.10 Å². The lowest BCUT2D eigenvalue weighted by atomic mass is 10.2. The van der Waals surface area contributed by atoms with E-state index in [9.17, 15) is 22.4 Å². The lowest BCUT2D eigenvalue weighted by molar-refractivity contribution is -0.136. The topological polar surface area (TPSA) is 121 Å². The molecular weight excluding hydrogens is 547 g/mol. The summed E-state index contributed by atoms with van der Waals surface area (Å²) < 4.78 is 47.4. The first-order valence-corrected chi connectivity index (χ1v) is 13.3. The summed E-state index contributed by atoms with van der Waals surface area (Å²) in [4.78, 5) is 24.1. The molecule has 0 aliphatic heterocycles. The highest BCUT2D eigenvalue weighted by Gasteiger charge is 2.26. The van der Waals surface area contributed by atoms with Crippen LogP contribution >= 0.6 is 11.6 Å². The molecule has 3 aromatic carbocycles. The number of nitrogens with one attached hydrogen (secondary N) is 2. The number of hydrogen-bond acceptors (Lipinski definition) is 6. The van der Waals surface area contributed by atoms with Gasteiger partial charge in [-0.25, -0.2) is 18.2 Å². The molecule has 4 aromatic rings. The highest BCUT2D eigenvalue weighted by atomic mass is 35.5. The summed E-state index contributed by atoms with van der Waals surface area (Å²) in [5.74, 6) is -2.41. The number of furan rings is 1. The van der Waals surface area contributed by atoms with E-state index in [0.29, 0.717) is 10.8 Å². The lowest BCUT2D eigenvalue weighted by Crippen LogP contribution is -2.32. The van der Waals surface area contributed by atoms with Crippen LogP contribution in [0.2, 0.25) is 5.02 Å². The van der Waals surface area contributed by atoms with Gasteiger partial charge in [-0.2, -0.15) is 9.41 Å². The van der Waals surface area contributed by atoms with Crippen LogP contribution in [0.5, 0.6) is 0 Å². The Bertz CT molecular complexity index is 1590. The molecular formula is C27H22ClFN4O5S. The Morgan fingerprint density at radius 3 is 2.31 bits per heavy atom. The van der Waals surface area contributed by atoms with Crippen molar-refractivity contribution in [1.29, 1.82) is 0 Å². The van der Waals surface area contributed by atoms with E-state index in [0.717, 1.165) is 17.8 Å². The molecule has 0 atom stereocenters. The molecule has 0 fully saturated rings. The zero-order valence-corrected chi connectivity index (χ0v) is 21.8. The molecule has 0 radical (unpaired) electrons. The molecule has 0 spiro atoms. The third-order valence-electron chi connectivity index (χ3n) is 5.35. The lowest BCUT2D eigenvalue weighted by Gasteiger charge is -2.21. The quantitative estimate of drug-likeness (QED) is 0.174. The van der Waals surface area contributed by atoms with Gasteiger partial charge in [0, 0.05) is 11.6 Å². The zero-order valence-electron chi connectivity index (χ0n) is 20.3. The Kier molecular flexibility index (Phi) is 8.87. The highest BCUT2D eigenvalue weighted by Crippen LogP contribution is 2.22. The van der Waals surface area contributed by atoms with Crippen molar-refractivity contribution in [1.82, 2.24) is 9.73 Å². The second kappa shape index (κ2) is 12.5. The van der Waals surface area contributed by atoms with Gasteiger partial charge in [-0.1, -0.05) is 54.1 Å². The van der Waals surface area contributed by atoms with Gasteiger partial charge in [0.2, 0.25) is 10.0 Å². The number of sulfonamides is 1. The average molecular weight is 569 g/mol. The molecule has 200 valence electrons. The third kappa shape index (κ3) is 7.38. The van der Waals surface area contributed by atoms with Crippen LogP contribution in [0, 0.1) is 5.82 Å². The van der Waals surface area contributed by atoms with E-state index in [1.807, 2.05) is 5.43 Å². The molecule has 9 nitrogen and oxygen atoms in total. The van der Waals surface area contributed by atoms with Crippen LogP contribution < -0.4 is 10.7 Å². The van der Waals surface area contributed by atoms with E-state index in [-0.39, 0.29) is 29.4 Å². The summed E-state index contributed by atoms with van der Waals surface area (Å²) in [5, 5.41) is 6.35. The van der Waals surface area contributed by atoms with Crippen LogP contribution in [0.25, 0.3) is 0 Å². The summed E-state index contributed by atoms with van der Waals surface area (Å²) >= 11 is 5.96. The molecule has 0 aliphatic rings. The molecule has 2 N–H and O–H groups in total. The van der Waals surface area contributed by atoms with E-state index in [1.54, 1.807) is 48.5 Å². The number of hydrazone groups is 1. The fourth-order valence-corrected chi connectivity index (χ4v) is 4.97. The number of benzene rings is 3. The number of para-hydroxylation sites is 1. The Labute approximate surface area is 228 Å². The number of anilines is 1. The number of halogens is 2. The molecule has 1 heterocycles. The predicted octanol–water partition coefficient (Wildman–Crippen LogP) is 4.55. The highest BCUT2D eigenvalue weighted by molar-refractivity contribution is 7.89. The van der Waals surface area contributed by atoms with Crippen molar-refractivity contribution in [3.63, 3.8) is 0 Å². The van der Waals surface area contributed by atoms with Crippen molar-refractivity contribution in [2.75, 3.05) is 5.32 Å². The number of amides is 2. The molecule has 0 bridgehead atoms. The smallest absolute Gasteiger partial charge is 0.329 e. The largest absolute Gasteiger partial charge is 0.459 e. The van der Waals surface area contributed by atoms with Crippen molar-refractivity contribution in [3.8, 4) is 0 Å². The number of nitrogens with zero attached hydrogens (tertiary/aromatic N) is 2. The maximum atomic E-state index is 13.7. The SMILES string of the molecule is O=C(N/N=C/c1ccc(CN(Cc2ccc(Cl)cc2)S(=O)(=O)c2ccccc2)o1)C(=O)Nc1ccccc1F. The molecule has 4 rings (SSSR count). The van der Waals surface area contributed by atoms with Gasteiger partial charge >= 0.3 is 11.8 Å². The molecule has 0 aliphatic carbocycles. The summed E-state index contributed by atoms with van der Waals surface area (Å²) in [5.41, 5.74) is 2.60. The van der Waals surface area contributed by atoms with Gasteiger partial charge in [0.25, 0.3) is 0 Å². The van der Waals surface area contributed by atoms with Crippen LogP contribution in [0.1, 0.15) is 17.1 Å². The van der Waals surface area contributed by atoms with E-state index >= 15 is 0 Å². The normalized spacial score (nSPS) is 11.6. The summed E-state index contributed by atoms with van der Waals surface area (Å²) in [6.07, 6.45) is 1.15. The average Bonchev–Trinajstić information content (AvgIpc) is 3.38. The number of carbonyl (C=O) groups is 2. The molecule has 0 saturated heterocycles. The maximum absolute atomic E-state index is 13.7. The van der Waals surface area contributed by atoms with Crippen molar-refractivity contribution in [3.05, 3.63) is 119 Å². The third-order valence-corrected chi connectivity index (χ3v) is 7.41. The zero-order chi connectivity index (χ0) is 27.8. The van der Waals surface area contributed by atoms with Gasteiger partial charge in [-0.15, -0.1) is 0 Å².